The first kappa shape index (κ1) is 16.1. The van der Waals surface area contributed by atoms with E-state index in [0.29, 0.717) is 5.56 Å². The van der Waals surface area contributed by atoms with Crippen LogP contribution in [0.15, 0.2) is 35.9 Å². The maximum Gasteiger partial charge on any atom is 0.416 e. The van der Waals surface area contributed by atoms with Crippen molar-refractivity contribution in [2.24, 2.45) is 0 Å². The second-order valence-corrected chi connectivity index (χ2v) is 6.18. The van der Waals surface area contributed by atoms with Crippen molar-refractivity contribution in [3.05, 3.63) is 47.0 Å². The Hall–Kier alpha value is -1.82. The third kappa shape index (κ3) is 3.42. The number of carbonyl (C=O) groups is 1. The average Bonchev–Trinajstić information content (AvgIpc) is 2.84. The summed E-state index contributed by atoms with van der Waals surface area (Å²) in [6, 6.07) is 4.48. The minimum absolute atomic E-state index is 0.156. The molecule has 2 unspecified atom stereocenters. The molecular weight excluding hydrogens is 307 g/mol. The van der Waals surface area contributed by atoms with Crippen LogP contribution in [0.3, 0.4) is 0 Å². The van der Waals surface area contributed by atoms with Gasteiger partial charge in [0.05, 0.1) is 17.7 Å². The smallest absolute Gasteiger partial charge is 0.391 e. The van der Waals surface area contributed by atoms with Crippen molar-refractivity contribution in [3.63, 3.8) is 0 Å². The van der Waals surface area contributed by atoms with Crippen LogP contribution in [0, 0.1) is 0 Å². The van der Waals surface area contributed by atoms with Gasteiger partial charge in [0.2, 0.25) is 5.91 Å². The Morgan fingerprint density at radius 2 is 2.04 bits per heavy atom. The number of alkyl halides is 3. The average molecular weight is 325 g/mol. The molecule has 1 saturated carbocycles. The molecule has 1 aromatic carbocycles. The zero-order chi connectivity index (χ0) is 16.6. The predicted octanol–water partition coefficient (Wildman–Crippen LogP) is 3.45. The van der Waals surface area contributed by atoms with E-state index in [9.17, 15) is 23.1 Å². The van der Waals surface area contributed by atoms with E-state index in [1.54, 1.807) is 12.1 Å². The van der Waals surface area contributed by atoms with E-state index in [1.807, 2.05) is 0 Å². The molecule has 23 heavy (non-hydrogen) atoms. The third-order valence-electron chi connectivity index (χ3n) is 4.48. The number of nitrogens with zero attached hydrogens (tertiary/aromatic N) is 1. The number of aliphatic hydroxyl groups excluding tert-OH is 1. The highest BCUT2D eigenvalue weighted by molar-refractivity contribution is 5.89. The lowest BCUT2D eigenvalue weighted by molar-refractivity contribution is -0.137. The van der Waals surface area contributed by atoms with E-state index in [4.69, 9.17) is 0 Å². The summed E-state index contributed by atoms with van der Waals surface area (Å²) < 4.78 is 38.6. The summed E-state index contributed by atoms with van der Waals surface area (Å²) in [5.41, 5.74) is 0.747. The molecule has 2 atom stereocenters. The van der Waals surface area contributed by atoms with Gasteiger partial charge >= 0.3 is 6.18 Å². The van der Waals surface area contributed by atoms with Crippen LogP contribution in [-0.4, -0.2) is 28.6 Å². The summed E-state index contributed by atoms with van der Waals surface area (Å²) in [5, 5.41) is 9.88. The fourth-order valence-electron chi connectivity index (χ4n) is 3.08. The molecule has 1 amide bonds. The van der Waals surface area contributed by atoms with Gasteiger partial charge in [0.15, 0.2) is 0 Å². The first-order valence-corrected chi connectivity index (χ1v) is 7.70. The van der Waals surface area contributed by atoms with Crippen LogP contribution in [0.2, 0.25) is 0 Å². The van der Waals surface area contributed by atoms with Gasteiger partial charge < -0.3 is 10.0 Å². The molecule has 3 rings (SSSR count). The molecule has 2 fully saturated rings. The molecule has 1 N–H and O–H groups in total. The van der Waals surface area contributed by atoms with E-state index in [0.717, 1.165) is 37.0 Å². The maximum atomic E-state index is 12.9. The highest BCUT2D eigenvalue weighted by atomic mass is 19.4. The van der Waals surface area contributed by atoms with E-state index in [2.05, 4.69) is 0 Å². The fourth-order valence-corrected chi connectivity index (χ4v) is 3.08. The highest BCUT2D eigenvalue weighted by Gasteiger charge is 2.37. The van der Waals surface area contributed by atoms with Crippen molar-refractivity contribution in [3.8, 4) is 0 Å². The number of likely N-dealkylation sites (tertiary alicyclic amines) is 1. The Labute approximate surface area is 132 Å². The van der Waals surface area contributed by atoms with Crippen molar-refractivity contribution in [1.29, 1.82) is 0 Å². The van der Waals surface area contributed by atoms with Crippen LogP contribution >= 0.6 is 0 Å². The van der Waals surface area contributed by atoms with Crippen LogP contribution in [-0.2, 0) is 11.0 Å². The number of carbonyl (C=O) groups excluding carboxylic acids is 1. The number of hydrogen-bond acceptors (Lipinski definition) is 2. The van der Waals surface area contributed by atoms with Gasteiger partial charge in [-0.15, -0.1) is 0 Å². The van der Waals surface area contributed by atoms with Crippen LogP contribution in [0.1, 0.15) is 42.9 Å². The normalized spacial score (nSPS) is 24.5. The molecule has 1 heterocycles. The van der Waals surface area contributed by atoms with E-state index < -0.39 is 23.9 Å². The predicted molar refractivity (Wildman–Crippen MR) is 78.5 cm³/mol. The van der Waals surface area contributed by atoms with Crippen LogP contribution in [0.5, 0.6) is 0 Å². The number of halogens is 3. The molecule has 0 bridgehead atoms. The summed E-state index contributed by atoms with van der Waals surface area (Å²) >= 11 is 0. The number of rotatable bonds is 2. The van der Waals surface area contributed by atoms with Crippen molar-refractivity contribution in [2.75, 3.05) is 6.54 Å². The lowest BCUT2D eigenvalue weighted by Crippen LogP contribution is -2.31. The van der Waals surface area contributed by atoms with E-state index >= 15 is 0 Å². The molecule has 0 aromatic heterocycles. The van der Waals surface area contributed by atoms with Gasteiger partial charge in [-0.05, 0) is 43.4 Å². The molecular formula is C17H18F3NO2. The van der Waals surface area contributed by atoms with E-state index in [1.165, 1.54) is 11.0 Å². The Bertz CT molecular complexity index is 633. The monoisotopic (exact) mass is 325 g/mol. The minimum Gasteiger partial charge on any atom is -0.391 e. The minimum atomic E-state index is -4.42. The number of amides is 1. The van der Waals surface area contributed by atoms with E-state index in [-0.39, 0.29) is 18.9 Å². The molecule has 6 heteroatoms. The van der Waals surface area contributed by atoms with Gasteiger partial charge in [-0.25, -0.2) is 0 Å². The highest BCUT2D eigenvalue weighted by Crippen LogP contribution is 2.36. The van der Waals surface area contributed by atoms with Crippen molar-refractivity contribution in [1.82, 2.24) is 4.90 Å². The van der Waals surface area contributed by atoms with Gasteiger partial charge in [-0.3, -0.25) is 4.79 Å². The van der Waals surface area contributed by atoms with Crippen molar-refractivity contribution in [2.45, 2.75) is 44.0 Å². The number of benzene rings is 1. The number of hydrogen-bond donors (Lipinski definition) is 1. The molecule has 1 saturated heterocycles. The number of aliphatic hydroxyl groups is 1. The van der Waals surface area contributed by atoms with Crippen LogP contribution in [0.4, 0.5) is 13.2 Å². The summed E-state index contributed by atoms with van der Waals surface area (Å²) in [5.74, 6) is -0.223. The largest absolute Gasteiger partial charge is 0.416 e. The second-order valence-electron chi connectivity index (χ2n) is 6.18. The Morgan fingerprint density at radius 1 is 1.30 bits per heavy atom. The Morgan fingerprint density at radius 3 is 2.65 bits per heavy atom. The summed E-state index contributed by atoms with van der Waals surface area (Å²) in [6.45, 7) is 0.156. The third-order valence-corrected chi connectivity index (χ3v) is 4.48. The Balaban J connectivity index is 1.86. The molecule has 124 valence electrons. The molecule has 2 aliphatic rings. The molecule has 0 radical (unpaired) electrons. The molecule has 1 aromatic rings. The van der Waals surface area contributed by atoms with Gasteiger partial charge in [0.25, 0.3) is 0 Å². The van der Waals surface area contributed by atoms with Gasteiger partial charge in [0.1, 0.15) is 0 Å². The second kappa shape index (κ2) is 6.00. The quantitative estimate of drug-likeness (QED) is 0.846. The topological polar surface area (TPSA) is 40.5 Å². The van der Waals surface area contributed by atoms with Crippen LogP contribution in [0.25, 0.3) is 0 Å². The standard InChI is InChI=1S/C17H18F3NO2/c18-17(19,20)13-6-2-5-12(8-13)15-9-14(22)10-21(15)16(23)7-11-3-1-4-11/h2,5-8,14-15,22H,1,3-4,9-10H2. The first-order valence-electron chi connectivity index (χ1n) is 7.70. The maximum absolute atomic E-state index is 12.9. The molecule has 3 nitrogen and oxygen atoms in total. The lowest BCUT2D eigenvalue weighted by Gasteiger charge is -2.25. The SMILES string of the molecule is O=C(C=C1CCC1)N1CC(O)CC1c1cccc(C(F)(F)F)c1. The Kier molecular flexibility index (Phi) is 4.19. The summed E-state index contributed by atoms with van der Waals surface area (Å²) in [7, 11) is 0. The van der Waals surface area contributed by atoms with Crippen molar-refractivity contribution >= 4 is 5.91 Å². The molecule has 1 aliphatic heterocycles. The number of β-amino-alcohol motifs (C(OH)–C–C–N with tert-alkyl or cyclic N) is 1. The summed E-state index contributed by atoms with van der Waals surface area (Å²) in [6.07, 6.45) is -0.432. The zero-order valence-corrected chi connectivity index (χ0v) is 12.5. The molecule has 1 aliphatic carbocycles. The van der Waals surface area contributed by atoms with Gasteiger partial charge in [-0.1, -0.05) is 17.7 Å². The van der Waals surface area contributed by atoms with Crippen LogP contribution < -0.4 is 0 Å². The fraction of sp³-hybridized carbons (Fsp3) is 0.471. The van der Waals surface area contributed by atoms with Gasteiger partial charge in [0, 0.05) is 12.6 Å². The molecule has 0 spiro atoms. The van der Waals surface area contributed by atoms with Crippen molar-refractivity contribution < 1.29 is 23.1 Å². The van der Waals surface area contributed by atoms with Gasteiger partial charge in [-0.2, -0.15) is 13.2 Å². The number of allylic oxidation sites excluding steroid dienone is 1. The zero-order valence-electron chi connectivity index (χ0n) is 12.5. The lowest BCUT2D eigenvalue weighted by atomic mass is 9.92. The first-order chi connectivity index (χ1) is 10.8. The summed E-state index contributed by atoms with van der Waals surface area (Å²) in [4.78, 5) is 13.9.